The average molecular weight is 266 g/mol. The molecular formula is C6H5Cl4OP. The van der Waals surface area contributed by atoms with E-state index in [4.69, 9.17) is 11.6 Å². The van der Waals surface area contributed by atoms with Crippen molar-refractivity contribution in [1.29, 1.82) is 0 Å². The van der Waals surface area contributed by atoms with Crippen molar-refractivity contribution in [2.24, 2.45) is 0 Å². The number of hydrogen-bond donors (Lipinski definition) is 0. The van der Waals surface area contributed by atoms with Gasteiger partial charge in [-0.1, -0.05) is 29.8 Å². The fourth-order valence-corrected chi connectivity index (χ4v) is 0.560. The first-order valence-electron chi connectivity index (χ1n) is 2.79. The van der Waals surface area contributed by atoms with Crippen LogP contribution in [0.2, 0.25) is 5.02 Å². The van der Waals surface area contributed by atoms with Crippen molar-refractivity contribution in [3.63, 3.8) is 0 Å². The summed E-state index contributed by atoms with van der Waals surface area (Å²) in [4.78, 5) is 0. The van der Waals surface area contributed by atoms with Crippen LogP contribution in [0.5, 0.6) is 0 Å². The van der Waals surface area contributed by atoms with Crippen LogP contribution in [0.25, 0.3) is 0 Å². The van der Waals surface area contributed by atoms with E-state index in [0.29, 0.717) is 0 Å². The van der Waals surface area contributed by atoms with Gasteiger partial charge in [-0.15, -0.1) is 0 Å². The van der Waals surface area contributed by atoms with Gasteiger partial charge in [0.25, 0.3) is 0 Å². The first-order valence-corrected chi connectivity index (χ1v) is 7.59. The Morgan fingerprint density at radius 1 is 1.00 bits per heavy atom. The maximum Gasteiger partial charge on any atom is 0.339 e. The van der Waals surface area contributed by atoms with Crippen LogP contribution >= 0.6 is 50.5 Å². The van der Waals surface area contributed by atoms with Crippen molar-refractivity contribution in [3.05, 3.63) is 35.4 Å². The second-order valence-corrected chi connectivity index (χ2v) is 8.77. The highest BCUT2D eigenvalue weighted by Gasteiger charge is 2.02. The number of benzene rings is 1. The molecule has 0 heterocycles. The van der Waals surface area contributed by atoms with Gasteiger partial charge in [0.05, 0.1) is 0 Å². The highest BCUT2D eigenvalue weighted by Crippen LogP contribution is 2.61. The zero-order chi connectivity index (χ0) is 9.61. The van der Waals surface area contributed by atoms with E-state index in [-0.39, 0.29) is 0 Å². The van der Waals surface area contributed by atoms with Crippen LogP contribution in [0.1, 0.15) is 0 Å². The maximum atomic E-state index is 9.51. The number of rotatable bonds is 0. The standard InChI is InChI=1S/C6H5Cl.Cl3OP/c7-6-4-2-1-3-5-6;1-5(2,3)4/h1-5H;. The molecule has 0 atom stereocenters. The SMILES string of the molecule is Clc1ccccc1.O=P(Cl)(Cl)Cl. The number of hydrogen-bond acceptors (Lipinski definition) is 1. The lowest BCUT2D eigenvalue weighted by atomic mass is 10.4. The molecule has 0 fully saturated rings. The molecule has 6 heteroatoms. The minimum absolute atomic E-state index is 0.794. The second-order valence-electron chi connectivity index (χ2n) is 1.69. The Hall–Kier alpha value is 0.610. The number of halogens is 4. The van der Waals surface area contributed by atoms with Crippen LogP contribution in [0.4, 0.5) is 0 Å². The molecule has 0 bridgehead atoms. The lowest BCUT2D eigenvalue weighted by molar-refractivity contribution is 0.600. The summed E-state index contributed by atoms with van der Waals surface area (Å²) in [6.07, 6.45) is 0. The normalized spacial score (nSPS) is 10.0. The molecule has 12 heavy (non-hydrogen) atoms. The predicted molar refractivity (Wildman–Crippen MR) is 56.6 cm³/mol. The molecule has 0 radical (unpaired) electrons. The monoisotopic (exact) mass is 264 g/mol. The van der Waals surface area contributed by atoms with Gasteiger partial charge in [0.2, 0.25) is 0 Å². The first-order chi connectivity index (χ1) is 5.39. The Kier molecular flexibility index (Phi) is 6.43. The predicted octanol–water partition coefficient (Wildman–Crippen LogP) is 5.15. The fourth-order valence-electron chi connectivity index (χ4n) is 0.415. The van der Waals surface area contributed by atoms with Gasteiger partial charge in [0, 0.05) is 5.02 Å². The Morgan fingerprint density at radius 3 is 1.50 bits per heavy atom. The molecule has 68 valence electrons. The Labute approximate surface area is 90.3 Å². The van der Waals surface area contributed by atoms with Crippen LogP contribution < -0.4 is 0 Å². The third-order valence-corrected chi connectivity index (χ3v) is 0.985. The van der Waals surface area contributed by atoms with Gasteiger partial charge < -0.3 is 0 Å². The van der Waals surface area contributed by atoms with Crippen LogP contribution in [0.15, 0.2) is 30.3 Å². The van der Waals surface area contributed by atoms with E-state index < -0.39 is 5.20 Å². The Bertz CT molecular complexity index is 249. The van der Waals surface area contributed by atoms with Crippen molar-refractivity contribution in [1.82, 2.24) is 0 Å². The van der Waals surface area contributed by atoms with Gasteiger partial charge in [0.15, 0.2) is 0 Å². The molecular weight excluding hydrogens is 261 g/mol. The van der Waals surface area contributed by atoms with E-state index in [0.717, 1.165) is 5.02 Å². The van der Waals surface area contributed by atoms with E-state index >= 15 is 0 Å². The van der Waals surface area contributed by atoms with E-state index in [1.807, 2.05) is 30.3 Å². The molecule has 0 amide bonds. The Morgan fingerprint density at radius 2 is 1.33 bits per heavy atom. The highest BCUT2D eigenvalue weighted by atomic mass is 36.0. The zero-order valence-corrected chi connectivity index (χ0v) is 9.67. The first kappa shape index (κ1) is 12.6. The molecule has 0 aliphatic rings. The largest absolute Gasteiger partial charge is 0.339 e. The van der Waals surface area contributed by atoms with Gasteiger partial charge in [-0.2, -0.15) is 0 Å². The molecule has 1 aromatic rings. The molecule has 0 aromatic heterocycles. The van der Waals surface area contributed by atoms with Gasteiger partial charge in [0.1, 0.15) is 0 Å². The summed E-state index contributed by atoms with van der Waals surface area (Å²) in [6, 6.07) is 9.44. The van der Waals surface area contributed by atoms with E-state index in [1.54, 1.807) is 0 Å². The van der Waals surface area contributed by atoms with Crippen LogP contribution in [-0.4, -0.2) is 0 Å². The van der Waals surface area contributed by atoms with Crippen molar-refractivity contribution in [2.45, 2.75) is 0 Å². The minimum Gasteiger partial charge on any atom is -0.271 e. The molecule has 0 aliphatic carbocycles. The topological polar surface area (TPSA) is 17.1 Å². The van der Waals surface area contributed by atoms with Crippen molar-refractivity contribution < 1.29 is 4.57 Å². The van der Waals surface area contributed by atoms with Gasteiger partial charge in [-0.3, -0.25) is 4.57 Å². The van der Waals surface area contributed by atoms with Crippen molar-refractivity contribution >= 4 is 50.5 Å². The molecule has 0 saturated heterocycles. The minimum atomic E-state index is -3.22. The van der Waals surface area contributed by atoms with Crippen molar-refractivity contribution in [3.8, 4) is 0 Å². The summed E-state index contributed by atoms with van der Waals surface area (Å²) in [5.74, 6) is 0. The van der Waals surface area contributed by atoms with E-state index in [2.05, 4.69) is 33.7 Å². The Balaban J connectivity index is 0.000000217. The quantitative estimate of drug-likeness (QED) is 0.593. The van der Waals surface area contributed by atoms with Crippen molar-refractivity contribution in [2.75, 3.05) is 0 Å². The van der Waals surface area contributed by atoms with Crippen LogP contribution in [-0.2, 0) is 4.57 Å². The van der Waals surface area contributed by atoms with E-state index in [1.165, 1.54) is 0 Å². The lowest BCUT2D eigenvalue weighted by Gasteiger charge is -1.80. The summed E-state index contributed by atoms with van der Waals surface area (Å²) < 4.78 is 9.51. The lowest BCUT2D eigenvalue weighted by Crippen LogP contribution is -1.55. The molecule has 0 spiro atoms. The molecule has 0 saturated carbocycles. The zero-order valence-electron chi connectivity index (χ0n) is 5.75. The van der Waals surface area contributed by atoms with Gasteiger partial charge in [-0.25, -0.2) is 0 Å². The fraction of sp³-hybridized carbons (Fsp3) is 0. The molecule has 0 aliphatic heterocycles. The average Bonchev–Trinajstić information content (AvgIpc) is 1.85. The smallest absolute Gasteiger partial charge is 0.271 e. The maximum absolute atomic E-state index is 9.51. The summed E-state index contributed by atoms with van der Waals surface area (Å²) >= 11 is 19.4. The third kappa shape index (κ3) is 13.2. The molecule has 1 aromatic carbocycles. The summed E-state index contributed by atoms with van der Waals surface area (Å²) in [7, 11) is 0. The van der Waals surface area contributed by atoms with Gasteiger partial charge in [-0.05, 0) is 45.9 Å². The third-order valence-electron chi connectivity index (χ3n) is 0.733. The second kappa shape index (κ2) is 6.12. The summed E-state index contributed by atoms with van der Waals surface area (Å²) in [5.41, 5.74) is 0. The molecule has 0 N–H and O–H groups in total. The molecule has 1 rings (SSSR count). The highest BCUT2D eigenvalue weighted by molar-refractivity contribution is 8.24. The van der Waals surface area contributed by atoms with Gasteiger partial charge >= 0.3 is 5.20 Å². The molecule has 1 nitrogen and oxygen atoms in total. The van der Waals surface area contributed by atoms with Crippen LogP contribution in [0.3, 0.4) is 0 Å². The van der Waals surface area contributed by atoms with Crippen LogP contribution in [0, 0.1) is 0 Å². The summed E-state index contributed by atoms with van der Waals surface area (Å²) in [6.45, 7) is 0. The van der Waals surface area contributed by atoms with E-state index in [9.17, 15) is 4.57 Å². The molecule has 0 unspecified atom stereocenters. The summed E-state index contributed by atoms with van der Waals surface area (Å²) in [5, 5.41) is -2.43.